The van der Waals surface area contributed by atoms with Gasteiger partial charge in [0.1, 0.15) is 17.2 Å². The Morgan fingerprint density at radius 3 is 2.67 bits per heavy atom. The van der Waals surface area contributed by atoms with Gasteiger partial charge in [0.15, 0.2) is 5.58 Å². The van der Waals surface area contributed by atoms with Gasteiger partial charge in [-0.2, -0.15) is 0 Å². The highest BCUT2D eigenvalue weighted by Gasteiger charge is 2.10. The molecule has 0 amide bonds. The van der Waals surface area contributed by atoms with Gasteiger partial charge in [0.2, 0.25) is 5.89 Å². The molecule has 1 aromatic heterocycles. The number of nitrogens with two attached hydrogens (primary N) is 1. The van der Waals surface area contributed by atoms with Gasteiger partial charge >= 0.3 is 0 Å². The number of nitrogen functional groups attached to an aromatic ring is 1. The molecule has 0 unspecified atom stereocenters. The molecule has 0 radical (unpaired) electrons. The fourth-order valence-electron chi connectivity index (χ4n) is 1.70. The summed E-state index contributed by atoms with van der Waals surface area (Å²) in [6, 6.07) is 8.24. The molecule has 0 aliphatic heterocycles. The fourth-order valence-corrected chi connectivity index (χ4v) is 1.70. The first-order chi connectivity index (χ1) is 8.63. The van der Waals surface area contributed by atoms with Crippen LogP contribution in [0.1, 0.15) is 0 Å². The topological polar surface area (TPSA) is 52.0 Å². The van der Waals surface area contributed by atoms with E-state index < -0.39 is 11.6 Å². The molecule has 3 nitrogen and oxygen atoms in total. The van der Waals surface area contributed by atoms with Crippen molar-refractivity contribution < 1.29 is 13.2 Å². The van der Waals surface area contributed by atoms with Crippen molar-refractivity contribution in [3.8, 4) is 11.5 Å². The molecule has 0 atom stereocenters. The van der Waals surface area contributed by atoms with Crippen molar-refractivity contribution in [2.24, 2.45) is 0 Å². The first kappa shape index (κ1) is 10.7. The number of nitrogens with zero attached hydrogens (tertiary/aromatic N) is 1. The van der Waals surface area contributed by atoms with E-state index in [9.17, 15) is 8.78 Å². The number of fused-ring (bicyclic) bond motifs is 1. The summed E-state index contributed by atoms with van der Waals surface area (Å²) in [5.74, 6) is -0.618. The van der Waals surface area contributed by atoms with Gasteiger partial charge in [-0.15, -0.1) is 0 Å². The average molecular weight is 246 g/mol. The lowest BCUT2D eigenvalue weighted by atomic mass is 10.2. The lowest BCUT2D eigenvalue weighted by molar-refractivity contribution is 0.602. The van der Waals surface area contributed by atoms with E-state index in [1.165, 1.54) is 36.4 Å². The van der Waals surface area contributed by atoms with E-state index in [4.69, 9.17) is 10.2 Å². The second-order valence-electron chi connectivity index (χ2n) is 3.87. The third kappa shape index (κ3) is 1.69. The standard InChI is InChI=1S/C13H8F2N2O/c14-8-2-4-11-12(6-8)18-13(17-11)7-1-3-9(15)10(16)5-7/h1-6H,16H2. The van der Waals surface area contributed by atoms with Crippen LogP contribution in [0.2, 0.25) is 0 Å². The molecule has 1 heterocycles. The van der Waals surface area contributed by atoms with Crippen molar-refractivity contribution in [2.75, 3.05) is 5.73 Å². The van der Waals surface area contributed by atoms with Crippen LogP contribution < -0.4 is 5.73 Å². The predicted molar refractivity (Wildman–Crippen MR) is 63.8 cm³/mol. The normalized spacial score (nSPS) is 11.0. The molecular formula is C13H8F2N2O. The van der Waals surface area contributed by atoms with Crippen molar-refractivity contribution in [1.82, 2.24) is 4.98 Å². The Bertz CT molecular complexity index is 737. The molecule has 0 aliphatic rings. The number of hydrogen-bond acceptors (Lipinski definition) is 3. The molecule has 0 spiro atoms. The first-order valence-corrected chi connectivity index (χ1v) is 5.25. The van der Waals surface area contributed by atoms with Crippen LogP contribution in [0.4, 0.5) is 14.5 Å². The highest BCUT2D eigenvalue weighted by atomic mass is 19.1. The summed E-state index contributed by atoms with van der Waals surface area (Å²) in [4.78, 5) is 4.18. The molecule has 3 rings (SSSR count). The van der Waals surface area contributed by atoms with Crippen LogP contribution in [-0.2, 0) is 0 Å². The van der Waals surface area contributed by atoms with Gasteiger partial charge in [0, 0.05) is 11.6 Å². The van der Waals surface area contributed by atoms with Crippen LogP contribution in [0.3, 0.4) is 0 Å². The SMILES string of the molecule is Nc1cc(-c2nc3ccc(F)cc3o2)ccc1F. The second-order valence-corrected chi connectivity index (χ2v) is 3.87. The molecule has 0 saturated carbocycles. The van der Waals surface area contributed by atoms with Crippen LogP contribution in [0.5, 0.6) is 0 Å². The monoisotopic (exact) mass is 246 g/mol. The Labute approximate surface area is 101 Å². The molecule has 0 bridgehead atoms. The Morgan fingerprint density at radius 1 is 1.06 bits per heavy atom. The van der Waals surface area contributed by atoms with Crippen LogP contribution in [0.15, 0.2) is 40.8 Å². The highest BCUT2D eigenvalue weighted by molar-refractivity contribution is 5.76. The van der Waals surface area contributed by atoms with Crippen LogP contribution in [0.25, 0.3) is 22.6 Å². The van der Waals surface area contributed by atoms with E-state index in [1.807, 2.05) is 0 Å². The molecule has 3 aromatic rings. The zero-order valence-corrected chi connectivity index (χ0v) is 9.15. The van der Waals surface area contributed by atoms with Gasteiger partial charge in [-0.05, 0) is 30.3 Å². The zero-order chi connectivity index (χ0) is 12.7. The highest BCUT2D eigenvalue weighted by Crippen LogP contribution is 2.26. The third-order valence-corrected chi connectivity index (χ3v) is 2.59. The molecule has 0 saturated heterocycles. The van der Waals surface area contributed by atoms with Crippen molar-refractivity contribution in [1.29, 1.82) is 0 Å². The molecular weight excluding hydrogens is 238 g/mol. The Morgan fingerprint density at radius 2 is 1.89 bits per heavy atom. The lowest BCUT2D eigenvalue weighted by Gasteiger charge is -1.98. The van der Waals surface area contributed by atoms with E-state index in [1.54, 1.807) is 0 Å². The summed E-state index contributed by atoms with van der Waals surface area (Å²) in [5.41, 5.74) is 6.91. The Hall–Kier alpha value is -2.43. The maximum Gasteiger partial charge on any atom is 0.227 e. The maximum absolute atomic E-state index is 13.0. The number of aromatic nitrogens is 1. The minimum Gasteiger partial charge on any atom is -0.436 e. The quantitative estimate of drug-likeness (QED) is 0.670. The largest absolute Gasteiger partial charge is 0.436 e. The molecule has 0 fully saturated rings. The fraction of sp³-hybridized carbons (Fsp3) is 0. The number of halogens is 2. The van der Waals surface area contributed by atoms with Gasteiger partial charge in [0.25, 0.3) is 0 Å². The minimum atomic E-state index is -0.499. The van der Waals surface area contributed by atoms with E-state index in [-0.39, 0.29) is 11.6 Å². The third-order valence-electron chi connectivity index (χ3n) is 2.59. The van der Waals surface area contributed by atoms with Gasteiger partial charge < -0.3 is 10.2 Å². The molecule has 5 heteroatoms. The van der Waals surface area contributed by atoms with Crippen molar-refractivity contribution >= 4 is 16.8 Å². The minimum absolute atomic E-state index is 0.0148. The van der Waals surface area contributed by atoms with Crippen molar-refractivity contribution in [2.45, 2.75) is 0 Å². The van der Waals surface area contributed by atoms with Crippen molar-refractivity contribution in [3.63, 3.8) is 0 Å². The second kappa shape index (κ2) is 3.80. The molecule has 0 aliphatic carbocycles. The smallest absolute Gasteiger partial charge is 0.227 e. The summed E-state index contributed by atoms with van der Waals surface area (Å²) in [5, 5.41) is 0. The number of benzene rings is 2. The zero-order valence-electron chi connectivity index (χ0n) is 9.15. The predicted octanol–water partition coefficient (Wildman–Crippen LogP) is 3.36. The number of rotatable bonds is 1. The number of anilines is 1. The van der Waals surface area contributed by atoms with Crippen LogP contribution in [0, 0.1) is 11.6 Å². The van der Waals surface area contributed by atoms with Crippen molar-refractivity contribution in [3.05, 3.63) is 48.0 Å². The molecule has 2 aromatic carbocycles. The van der Waals surface area contributed by atoms with E-state index in [0.717, 1.165) is 0 Å². The van der Waals surface area contributed by atoms with Gasteiger partial charge in [-0.25, -0.2) is 13.8 Å². The molecule has 18 heavy (non-hydrogen) atoms. The van der Waals surface area contributed by atoms with E-state index in [0.29, 0.717) is 16.7 Å². The van der Waals surface area contributed by atoms with Gasteiger partial charge in [-0.1, -0.05) is 0 Å². The summed E-state index contributed by atoms with van der Waals surface area (Å²) in [7, 11) is 0. The average Bonchev–Trinajstić information content (AvgIpc) is 2.75. The lowest BCUT2D eigenvalue weighted by Crippen LogP contribution is -1.90. The number of oxazole rings is 1. The maximum atomic E-state index is 13.0. The summed E-state index contributed by atoms with van der Waals surface area (Å²) < 4.78 is 31.5. The molecule has 2 N–H and O–H groups in total. The van der Waals surface area contributed by atoms with Crippen LogP contribution in [-0.4, -0.2) is 4.98 Å². The molecule has 90 valence electrons. The Kier molecular flexibility index (Phi) is 2.26. The Balaban J connectivity index is 2.16. The first-order valence-electron chi connectivity index (χ1n) is 5.25. The summed E-state index contributed by atoms with van der Waals surface area (Å²) in [6.07, 6.45) is 0. The van der Waals surface area contributed by atoms with E-state index >= 15 is 0 Å². The summed E-state index contributed by atoms with van der Waals surface area (Å²) >= 11 is 0. The van der Waals surface area contributed by atoms with Gasteiger partial charge in [0.05, 0.1) is 5.69 Å². The van der Waals surface area contributed by atoms with Crippen LogP contribution >= 0.6 is 0 Å². The van der Waals surface area contributed by atoms with Gasteiger partial charge in [-0.3, -0.25) is 0 Å². The van der Waals surface area contributed by atoms with E-state index in [2.05, 4.69) is 4.98 Å². The number of hydrogen-bond donors (Lipinski definition) is 1. The summed E-state index contributed by atoms with van der Waals surface area (Å²) in [6.45, 7) is 0.